The fourth-order valence-electron chi connectivity index (χ4n) is 2.85. The van der Waals surface area contributed by atoms with Crippen molar-refractivity contribution in [3.8, 4) is 0 Å². The van der Waals surface area contributed by atoms with Gasteiger partial charge < -0.3 is 14.4 Å². The Morgan fingerprint density at radius 3 is 2.50 bits per heavy atom. The third-order valence-electron chi connectivity index (χ3n) is 3.85. The number of carbonyl (C=O) groups excluding carboxylic acids is 1. The van der Waals surface area contributed by atoms with Gasteiger partial charge in [-0.2, -0.15) is 0 Å². The molecular weight excluding hydrogens is 284 g/mol. The first-order valence-electron chi connectivity index (χ1n) is 7.59. The zero-order chi connectivity index (χ0) is 16.5. The summed E-state index contributed by atoms with van der Waals surface area (Å²) >= 11 is 0. The molecule has 1 aliphatic rings. The number of hydrogen-bond acceptors (Lipinski definition) is 3. The normalized spacial score (nSPS) is 19.1. The first-order valence-corrected chi connectivity index (χ1v) is 7.59. The van der Waals surface area contributed by atoms with Crippen molar-refractivity contribution in [2.75, 3.05) is 6.54 Å². The zero-order valence-electron chi connectivity index (χ0n) is 13.6. The second-order valence-electron chi connectivity index (χ2n) is 6.69. The highest BCUT2D eigenvalue weighted by Gasteiger charge is 2.33. The molecule has 1 aromatic rings. The van der Waals surface area contributed by atoms with Crippen molar-refractivity contribution in [2.45, 2.75) is 51.7 Å². The molecule has 1 saturated heterocycles. The van der Waals surface area contributed by atoms with Crippen LogP contribution in [0.5, 0.6) is 0 Å². The van der Waals surface area contributed by atoms with Gasteiger partial charge in [0.25, 0.3) is 0 Å². The molecule has 1 aliphatic heterocycles. The number of aromatic nitrogens is 1. The molecule has 22 heavy (non-hydrogen) atoms. The van der Waals surface area contributed by atoms with Gasteiger partial charge in [0.05, 0.1) is 6.04 Å². The van der Waals surface area contributed by atoms with Gasteiger partial charge in [-0.05, 0) is 52.2 Å². The summed E-state index contributed by atoms with van der Waals surface area (Å²) in [5.41, 5.74) is 0.521. The van der Waals surface area contributed by atoms with Crippen LogP contribution in [0.1, 0.15) is 62.3 Å². The number of carboxylic acids is 1. The van der Waals surface area contributed by atoms with Crippen molar-refractivity contribution in [2.24, 2.45) is 7.05 Å². The Labute approximate surface area is 130 Å². The minimum absolute atomic E-state index is 0.137. The lowest BCUT2D eigenvalue weighted by atomic mass is 10.00. The zero-order valence-corrected chi connectivity index (χ0v) is 13.6. The molecule has 1 aromatic heterocycles. The van der Waals surface area contributed by atoms with E-state index in [-0.39, 0.29) is 17.8 Å². The fourth-order valence-corrected chi connectivity index (χ4v) is 2.85. The van der Waals surface area contributed by atoms with E-state index in [9.17, 15) is 14.7 Å². The Kier molecular flexibility index (Phi) is 4.49. The highest BCUT2D eigenvalue weighted by atomic mass is 16.6. The van der Waals surface area contributed by atoms with Gasteiger partial charge in [-0.3, -0.25) is 4.90 Å². The van der Waals surface area contributed by atoms with Gasteiger partial charge in [-0.25, -0.2) is 9.59 Å². The number of amides is 1. The number of rotatable bonds is 2. The van der Waals surface area contributed by atoms with Gasteiger partial charge in [0.1, 0.15) is 11.3 Å². The fraction of sp³-hybridized carbons (Fsp3) is 0.625. The molecule has 122 valence electrons. The maximum atomic E-state index is 12.4. The van der Waals surface area contributed by atoms with Crippen molar-refractivity contribution in [3.63, 3.8) is 0 Å². The van der Waals surface area contributed by atoms with Crippen molar-refractivity contribution < 1.29 is 19.4 Å². The van der Waals surface area contributed by atoms with E-state index < -0.39 is 11.6 Å². The quantitative estimate of drug-likeness (QED) is 0.910. The minimum Gasteiger partial charge on any atom is -0.477 e. The van der Waals surface area contributed by atoms with Crippen LogP contribution in [0, 0.1) is 0 Å². The van der Waals surface area contributed by atoms with Crippen LogP contribution in [-0.4, -0.2) is 38.8 Å². The largest absolute Gasteiger partial charge is 0.477 e. The molecule has 0 radical (unpaired) electrons. The number of nitrogens with zero attached hydrogens (tertiary/aromatic N) is 2. The number of ether oxygens (including phenoxy) is 1. The molecule has 0 aliphatic carbocycles. The summed E-state index contributed by atoms with van der Waals surface area (Å²) in [6.45, 7) is 6.16. The molecule has 2 rings (SSSR count). The molecular formula is C16H24N2O4. The SMILES string of the molecule is Cn1c(C(=O)O)ccc1C1CCCCN1C(=O)OC(C)(C)C. The predicted molar refractivity (Wildman–Crippen MR) is 81.9 cm³/mol. The van der Waals surface area contributed by atoms with Crippen LogP contribution in [0.15, 0.2) is 12.1 Å². The lowest BCUT2D eigenvalue weighted by Crippen LogP contribution is -2.42. The summed E-state index contributed by atoms with van der Waals surface area (Å²) in [7, 11) is 1.72. The molecule has 1 unspecified atom stereocenters. The van der Waals surface area contributed by atoms with E-state index in [2.05, 4.69) is 0 Å². The summed E-state index contributed by atoms with van der Waals surface area (Å²) in [5, 5.41) is 9.18. The van der Waals surface area contributed by atoms with E-state index in [1.165, 1.54) is 0 Å². The molecule has 0 saturated carbocycles. The molecule has 6 heteroatoms. The number of aromatic carboxylic acids is 1. The van der Waals surface area contributed by atoms with Crippen LogP contribution in [0.4, 0.5) is 4.79 Å². The highest BCUT2D eigenvalue weighted by molar-refractivity contribution is 5.86. The third-order valence-corrected chi connectivity index (χ3v) is 3.85. The Bertz CT molecular complexity index is 571. The topological polar surface area (TPSA) is 71.8 Å². The van der Waals surface area contributed by atoms with Crippen LogP contribution in [0.25, 0.3) is 0 Å². The molecule has 2 heterocycles. The summed E-state index contributed by atoms with van der Waals surface area (Å²) in [6.07, 6.45) is 2.43. The molecule has 0 aromatic carbocycles. The smallest absolute Gasteiger partial charge is 0.410 e. The molecule has 1 amide bonds. The molecule has 1 fully saturated rings. The average Bonchev–Trinajstić information content (AvgIpc) is 2.78. The number of likely N-dealkylation sites (tertiary alicyclic amines) is 1. The van der Waals surface area contributed by atoms with E-state index in [0.29, 0.717) is 6.54 Å². The molecule has 0 bridgehead atoms. The van der Waals surface area contributed by atoms with Crippen molar-refractivity contribution in [1.29, 1.82) is 0 Å². The standard InChI is InChI=1S/C16H24N2O4/c1-16(2,3)22-15(21)18-10-6-5-7-12(18)11-8-9-13(14(19)20)17(11)4/h8-9,12H,5-7,10H2,1-4H3,(H,19,20). The molecule has 0 spiro atoms. The van der Waals surface area contributed by atoms with E-state index in [1.807, 2.05) is 20.8 Å². The van der Waals surface area contributed by atoms with Crippen molar-refractivity contribution in [1.82, 2.24) is 9.47 Å². The minimum atomic E-state index is -0.964. The monoisotopic (exact) mass is 308 g/mol. The lowest BCUT2D eigenvalue weighted by Gasteiger charge is -2.37. The lowest BCUT2D eigenvalue weighted by molar-refractivity contribution is 0.00870. The van der Waals surface area contributed by atoms with Crippen LogP contribution in [-0.2, 0) is 11.8 Å². The maximum Gasteiger partial charge on any atom is 0.410 e. The second-order valence-corrected chi connectivity index (χ2v) is 6.69. The van der Waals surface area contributed by atoms with Crippen LogP contribution < -0.4 is 0 Å². The van der Waals surface area contributed by atoms with Crippen molar-refractivity contribution >= 4 is 12.1 Å². The van der Waals surface area contributed by atoms with Gasteiger partial charge in [0, 0.05) is 19.3 Å². The van der Waals surface area contributed by atoms with Gasteiger partial charge in [0.2, 0.25) is 0 Å². The van der Waals surface area contributed by atoms with Gasteiger partial charge in [0.15, 0.2) is 0 Å². The van der Waals surface area contributed by atoms with Crippen LogP contribution >= 0.6 is 0 Å². The van der Waals surface area contributed by atoms with E-state index in [1.54, 1.807) is 28.6 Å². The van der Waals surface area contributed by atoms with Crippen LogP contribution in [0.3, 0.4) is 0 Å². The van der Waals surface area contributed by atoms with Crippen molar-refractivity contribution in [3.05, 3.63) is 23.5 Å². The number of hydrogen-bond donors (Lipinski definition) is 1. The van der Waals surface area contributed by atoms with Gasteiger partial charge in [-0.15, -0.1) is 0 Å². The average molecular weight is 308 g/mol. The second kappa shape index (κ2) is 6.02. The van der Waals surface area contributed by atoms with Gasteiger partial charge >= 0.3 is 12.1 Å². The predicted octanol–water partition coefficient (Wildman–Crippen LogP) is 3.19. The van der Waals surface area contributed by atoms with Crippen LogP contribution in [0.2, 0.25) is 0 Å². The first kappa shape index (κ1) is 16.4. The Balaban J connectivity index is 2.27. The Morgan fingerprint density at radius 1 is 1.27 bits per heavy atom. The Hall–Kier alpha value is -1.98. The van der Waals surface area contributed by atoms with Gasteiger partial charge in [-0.1, -0.05) is 0 Å². The van der Waals surface area contributed by atoms with E-state index in [0.717, 1.165) is 25.0 Å². The Morgan fingerprint density at radius 2 is 1.95 bits per heavy atom. The third kappa shape index (κ3) is 3.43. The summed E-state index contributed by atoms with van der Waals surface area (Å²) in [4.78, 5) is 25.3. The number of piperidine rings is 1. The molecule has 1 N–H and O–H groups in total. The summed E-state index contributed by atoms with van der Waals surface area (Å²) in [5.74, 6) is -0.964. The maximum absolute atomic E-state index is 12.4. The number of carbonyl (C=O) groups is 2. The summed E-state index contributed by atoms with van der Waals surface area (Å²) in [6, 6.07) is 3.23. The first-order chi connectivity index (χ1) is 10.2. The van der Waals surface area contributed by atoms with E-state index >= 15 is 0 Å². The van der Waals surface area contributed by atoms with E-state index in [4.69, 9.17) is 4.74 Å². The number of carboxylic acid groups (broad SMARTS) is 1. The summed E-state index contributed by atoms with van der Waals surface area (Å²) < 4.78 is 7.13. The highest BCUT2D eigenvalue weighted by Crippen LogP contribution is 2.32. The molecule has 1 atom stereocenters. The molecule has 6 nitrogen and oxygen atoms in total.